The molecule has 0 aliphatic carbocycles. The minimum atomic E-state index is -0.00755. The van der Waals surface area contributed by atoms with E-state index in [-0.39, 0.29) is 10.9 Å². The normalized spacial score (nSPS) is 10.7. The number of rotatable bonds is 1. The highest BCUT2D eigenvalue weighted by atomic mass is 32.2. The summed E-state index contributed by atoms with van der Waals surface area (Å²) in [6, 6.07) is 14.5. The zero-order valence-electron chi connectivity index (χ0n) is 15.1. The van der Waals surface area contributed by atoms with Gasteiger partial charge in [-0.1, -0.05) is 36.0 Å². The molecule has 0 spiro atoms. The molecule has 138 valence electrons. The predicted molar refractivity (Wildman–Crippen MR) is 113 cm³/mol. The molecule has 0 unspecified atom stereocenters. The molecule has 2 aromatic carbocycles. The SMILES string of the molecule is CSc1oc2ccccc2c(=O)c1C.Cc1c(S)oc2ccccc2c1=O. The average Bonchev–Trinajstić information content (AvgIpc) is 2.69. The molecular weight excluding hydrogens is 380 g/mol. The first kappa shape index (κ1) is 19.3. The summed E-state index contributed by atoms with van der Waals surface area (Å²) in [4.78, 5) is 23.5. The molecule has 2 aromatic heterocycles. The lowest BCUT2D eigenvalue weighted by Crippen LogP contribution is -2.06. The molecule has 4 nitrogen and oxygen atoms in total. The lowest BCUT2D eigenvalue weighted by Gasteiger charge is -2.02. The number of para-hydroxylation sites is 2. The smallest absolute Gasteiger partial charge is 0.196 e. The molecule has 4 rings (SSSR count). The van der Waals surface area contributed by atoms with Crippen molar-refractivity contribution in [1.82, 2.24) is 0 Å². The first-order valence-corrected chi connectivity index (χ1v) is 9.89. The van der Waals surface area contributed by atoms with Crippen molar-refractivity contribution in [3.8, 4) is 0 Å². The summed E-state index contributed by atoms with van der Waals surface area (Å²) in [6.07, 6.45) is 1.90. The fraction of sp³-hybridized carbons (Fsp3) is 0.143. The van der Waals surface area contributed by atoms with Gasteiger partial charge in [-0.3, -0.25) is 9.59 Å². The average molecular weight is 399 g/mol. The molecule has 0 aliphatic heterocycles. The van der Waals surface area contributed by atoms with Gasteiger partial charge in [-0.05, 0) is 44.4 Å². The monoisotopic (exact) mass is 398 g/mol. The summed E-state index contributed by atoms with van der Waals surface area (Å²) in [5, 5.41) is 2.36. The molecule has 27 heavy (non-hydrogen) atoms. The topological polar surface area (TPSA) is 60.4 Å². The van der Waals surface area contributed by atoms with E-state index in [0.29, 0.717) is 43.2 Å². The number of thiol groups is 1. The number of benzene rings is 2. The Morgan fingerprint density at radius 1 is 0.778 bits per heavy atom. The number of fused-ring (bicyclic) bond motifs is 2. The highest BCUT2D eigenvalue weighted by Gasteiger charge is 2.08. The third-order valence-electron chi connectivity index (χ3n) is 4.17. The number of thioether (sulfide) groups is 1. The summed E-state index contributed by atoms with van der Waals surface area (Å²) in [7, 11) is 0. The second-order valence-corrected chi connectivity index (χ2v) is 7.09. The van der Waals surface area contributed by atoms with E-state index in [9.17, 15) is 9.59 Å². The summed E-state index contributed by atoms with van der Waals surface area (Å²) in [5.74, 6) is 0. The molecule has 0 fully saturated rings. The van der Waals surface area contributed by atoms with Crippen LogP contribution in [-0.2, 0) is 0 Å². The number of hydrogen-bond donors (Lipinski definition) is 1. The van der Waals surface area contributed by atoms with E-state index >= 15 is 0 Å². The van der Waals surface area contributed by atoms with E-state index in [1.807, 2.05) is 36.6 Å². The molecule has 0 saturated heterocycles. The second kappa shape index (κ2) is 8.06. The van der Waals surface area contributed by atoms with Crippen molar-refractivity contribution in [1.29, 1.82) is 0 Å². The van der Waals surface area contributed by atoms with Gasteiger partial charge in [0.15, 0.2) is 21.0 Å². The molecule has 2 heterocycles. The Bertz CT molecular complexity index is 1240. The van der Waals surface area contributed by atoms with E-state index in [2.05, 4.69) is 12.6 Å². The third-order valence-corrected chi connectivity index (χ3v) is 5.35. The number of hydrogen-bond acceptors (Lipinski definition) is 6. The van der Waals surface area contributed by atoms with Crippen LogP contribution in [-0.4, -0.2) is 6.26 Å². The van der Waals surface area contributed by atoms with Crippen LogP contribution >= 0.6 is 24.4 Å². The maximum Gasteiger partial charge on any atom is 0.196 e. The van der Waals surface area contributed by atoms with Gasteiger partial charge in [0.05, 0.1) is 10.8 Å². The third kappa shape index (κ3) is 3.82. The lowest BCUT2D eigenvalue weighted by molar-refractivity contribution is 0.493. The van der Waals surface area contributed by atoms with Crippen LogP contribution in [0.25, 0.3) is 21.9 Å². The van der Waals surface area contributed by atoms with Crippen LogP contribution in [0.4, 0.5) is 0 Å². The fourth-order valence-electron chi connectivity index (χ4n) is 2.63. The Balaban J connectivity index is 0.000000156. The predicted octanol–water partition coefficient (Wildman–Crippen LogP) is 5.21. The van der Waals surface area contributed by atoms with Gasteiger partial charge in [-0.15, -0.1) is 12.6 Å². The van der Waals surface area contributed by atoms with E-state index in [1.165, 1.54) is 11.8 Å². The van der Waals surface area contributed by atoms with Gasteiger partial charge in [-0.2, -0.15) is 0 Å². The molecule has 0 N–H and O–H groups in total. The van der Waals surface area contributed by atoms with Crippen LogP contribution in [0.15, 0.2) is 77.1 Å². The van der Waals surface area contributed by atoms with Gasteiger partial charge < -0.3 is 8.83 Å². The quantitative estimate of drug-likeness (QED) is 0.352. The van der Waals surface area contributed by atoms with Gasteiger partial charge >= 0.3 is 0 Å². The highest BCUT2D eigenvalue weighted by molar-refractivity contribution is 7.98. The van der Waals surface area contributed by atoms with Gasteiger partial charge in [0.25, 0.3) is 0 Å². The molecule has 0 radical (unpaired) electrons. The van der Waals surface area contributed by atoms with Crippen LogP contribution in [0, 0.1) is 13.8 Å². The Morgan fingerprint density at radius 3 is 1.81 bits per heavy atom. The van der Waals surface area contributed by atoms with E-state index in [0.717, 1.165) is 0 Å². The maximum atomic E-state index is 11.8. The van der Waals surface area contributed by atoms with Crippen LogP contribution in [0.5, 0.6) is 0 Å². The van der Waals surface area contributed by atoms with Crippen molar-refractivity contribution in [3.05, 3.63) is 80.1 Å². The molecule has 0 atom stereocenters. The Labute approximate surface area is 165 Å². The van der Waals surface area contributed by atoms with Crippen molar-refractivity contribution in [3.63, 3.8) is 0 Å². The molecule has 0 aliphatic rings. The Hall–Kier alpha value is -2.44. The minimum Gasteiger partial charge on any atom is -0.450 e. The maximum absolute atomic E-state index is 11.8. The zero-order valence-corrected chi connectivity index (χ0v) is 16.8. The molecule has 0 bridgehead atoms. The Kier molecular flexibility index (Phi) is 5.77. The highest BCUT2D eigenvalue weighted by Crippen LogP contribution is 2.22. The van der Waals surface area contributed by atoms with Crippen LogP contribution in [0.3, 0.4) is 0 Å². The summed E-state index contributed by atoms with van der Waals surface area (Å²) in [5.41, 5.74) is 2.55. The van der Waals surface area contributed by atoms with Crippen molar-refractivity contribution in [2.45, 2.75) is 24.0 Å². The van der Waals surface area contributed by atoms with E-state index in [4.69, 9.17) is 8.83 Å². The van der Waals surface area contributed by atoms with Gasteiger partial charge in [-0.25, -0.2) is 0 Å². The summed E-state index contributed by atoms with van der Waals surface area (Å²) in [6.45, 7) is 3.50. The molecule has 4 aromatic rings. The van der Waals surface area contributed by atoms with Gasteiger partial charge in [0.1, 0.15) is 11.2 Å². The van der Waals surface area contributed by atoms with Crippen LogP contribution < -0.4 is 10.9 Å². The first-order valence-electron chi connectivity index (χ1n) is 8.22. The fourth-order valence-corrected chi connectivity index (χ4v) is 3.40. The summed E-state index contributed by atoms with van der Waals surface area (Å²) >= 11 is 5.53. The largest absolute Gasteiger partial charge is 0.450 e. The van der Waals surface area contributed by atoms with Gasteiger partial charge in [0.2, 0.25) is 0 Å². The second-order valence-electron chi connectivity index (χ2n) is 5.90. The summed E-state index contributed by atoms with van der Waals surface area (Å²) < 4.78 is 10.9. The molecule has 0 saturated carbocycles. The van der Waals surface area contributed by atoms with Crippen molar-refractivity contribution < 1.29 is 8.83 Å². The van der Waals surface area contributed by atoms with E-state index in [1.54, 1.807) is 32.0 Å². The van der Waals surface area contributed by atoms with Crippen molar-refractivity contribution in [2.24, 2.45) is 0 Å². The van der Waals surface area contributed by atoms with Crippen LogP contribution in [0.2, 0.25) is 0 Å². The van der Waals surface area contributed by atoms with E-state index < -0.39 is 0 Å². The zero-order chi connectivity index (χ0) is 19.6. The van der Waals surface area contributed by atoms with Gasteiger partial charge in [0, 0.05) is 11.1 Å². The first-order chi connectivity index (χ1) is 12.9. The molecular formula is C21H18O4S2. The Morgan fingerprint density at radius 2 is 1.26 bits per heavy atom. The lowest BCUT2D eigenvalue weighted by atomic mass is 10.2. The van der Waals surface area contributed by atoms with Crippen LogP contribution in [0.1, 0.15) is 11.1 Å². The molecule has 0 amide bonds. The standard InChI is InChI=1S/C11H10O2S.C10H8O2S/c1-7-10(12)8-5-3-4-6-9(8)13-11(7)14-2;1-6-9(11)7-4-2-3-5-8(7)12-10(6)13/h3-6H,1-2H3;2-5,13H,1H3. The van der Waals surface area contributed by atoms with Crippen molar-refractivity contribution in [2.75, 3.05) is 6.26 Å². The minimum absolute atomic E-state index is 0.00755. The molecule has 6 heteroatoms. The van der Waals surface area contributed by atoms with Crippen molar-refractivity contribution >= 4 is 46.3 Å².